The molecular formula is C24H18Cl3N3O5. The molecule has 0 aliphatic heterocycles. The molecule has 3 aromatic carbocycles. The largest absolute Gasteiger partial charge is 0.493 e. The molecule has 2 N–H and O–H groups in total. The Kier molecular flexibility index (Phi) is 8.70. The molecule has 180 valence electrons. The first-order chi connectivity index (χ1) is 16.7. The van der Waals surface area contributed by atoms with Gasteiger partial charge in [-0.1, -0.05) is 40.9 Å². The number of benzene rings is 3. The van der Waals surface area contributed by atoms with Gasteiger partial charge >= 0.3 is 17.8 Å². The van der Waals surface area contributed by atoms with Crippen LogP contribution in [-0.2, 0) is 9.59 Å². The third-order valence-electron chi connectivity index (χ3n) is 4.55. The molecule has 0 unspecified atom stereocenters. The zero-order valence-electron chi connectivity index (χ0n) is 18.4. The molecule has 0 saturated carbocycles. The van der Waals surface area contributed by atoms with E-state index < -0.39 is 17.8 Å². The fourth-order valence-electron chi connectivity index (χ4n) is 2.76. The molecule has 3 aromatic rings. The highest BCUT2D eigenvalue weighted by molar-refractivity contribution is 6.43. The normalized spacial score (nSPS) is 10.9. The number of hydrogen-bond donors (Lipinski definition) is 2. The van der Waals surface area contributed by atoms with Gasteiger partial charge in [0.05, 0.1) is 28.4 Å². The summed E-state index contributed by atoms with van der Waals surface area (Å²) in [6.45, 7) is 1.61. The molecule has 3 rings (SSSR count). The molecule has 0 aliphatic carbocycles. The molecule has 0 aromatic heterocycles. The maximum Gasteiger partial charge on any atom is 0.343 e. The van der Waals surface area contributed by atoms with Crippen molar-refractivity contribution in [2.45, 2.75) is 6.92 Å². The van der Waals surface area contributed by atoms with Crippen molar-refractivity contribution < 1.29 is 23.9 Å². The highest BCUT2D eigenvalue weighted by Crippen LogP contribution is 2.29. The monoisotopic (exact) mass is 533 g/mol. The SMILES string of the molecule is COc1cc(/C(C)=N/NC(=O)C(=O)Nc2ccc(Cl)c(Cl)c2)ccc1OC(=O)c1cccc(Cl)c1. The lowest BCUT2D eigenvalue weighted by Gasteiger charge is -2.11. The fourth-order valence-corrected chi connectivity index (χ4v) is 3.25. The van der Waals surface area contributed by atoms with Crippen molar-refractivity contribution >= 4 is 64.0 Å². The van der Waals surface area contributed by atoms with Crippen LogP contribution in [0, 0.1) is 0 Å². The van der Waals surface area contributed by atoms with Gasteiger partial charge in [-0.25, -0.2) is 10.2 Å². The number of esters is 1. The number of anilines is 1. The van der Waals surface area contributed by atoms with Gasteiger partial charge in [-0.3, -0.25) is 9.59 Å². The van der Waals surface area contributed by atoms with E-state index in [-0.39, 0.29) is 22.1 Å². The number of carbonyl (C=O) groups is 3. The number of nitrogens with one attached hydrogen (secondary N) is 2. The standard InChI is InChI=1S/C24H18Cl3N3O5/c1-13(29-30-23(32)22(31)28-17-7-8-18(26)19(27)12-17)14-6-9-20(21(11-14)34-2)35-24(33)15-4-3-5-16(25)10-15/h3-12H,1-2H3,(H,28,31)(H,30,32)/b29-13+. The van der Waals surface area contributed by atoms with E-state index in [0.717, 1.165) is 0 Å². The Balaban J connectivity index is 1.66. The van der Waals surface area contributed by atoms with Crippen LogP contribution in [0.1, 0.15) is 22.8 Å². The topological polar surface area (TPSA) is 106 Å². The van der Waals surface area contributed by atoms with Gasteiger partial charge in [-0.15, -0.1) is 0 Å². The second-order valence-corrected chi connectivity index (χ2v) is 8.24. The van der Waals surface area contributed by atoms with Crippen LogP contribution in [0.3, 0.4) is 0 Å². The summed E-state index contributed by atoms with van der Waals surface area (Å²) in [5.74, 6) is -2.10. The zero-order chi connectivity index (χ0) is 25.5. The van der Waals surface area contributed by atoms with E-state index in [1.54, 1.807) is 37.3 Å². The summed E-state index contributed by atoms with van der Waals surface area (Å²) in [5, 5.41) is 7.29. The molecule has 0 bridgehead atoms. The molecule has 0 heterocycles. The maximum absolute atomic E-state index is 12.4. The number of hydrazone groups is 1. The number of rotatable bonds is 6. The van der Waals surface area contributed by atoms with E-state index in [4.69, 9.17) is 44.3 Å². The average Bonchev–Trinajstić information content (AvgIpc) is 2.84. The van der Waals surface area contributed by atoms with Gasteiger partial charge in [-0.05, 0) is 61.5 Å². The van der Waals surface area contributed by atoms with Crippen molar-refractivity contribution in [2.24, 2.45) is 5.10 Å². The van der Waals surface area contributed by atoms with Gasteiger partial charge in [0.2, 0.25) is 0 Å². The van der Waals surface area contributed by atoms with E-state index >= 15 is 0 Å². The molecule has 8 nitrogen and oxygen atoms in total. The first-order valence-electron chi connectivity index (χ1n) is 9.94. The molecule has 0 radical (unpaired) electrons. The first kappa shape index (κ1) is 26.0. The van der Waals surface area contributed by atoms with Gasteiger partial charge in [0.15, 0.2) is 11.5 Å². The Bertz CT molecular complexity index is 1330. The van der Waals surface area contributed by atoms with Crippen LogP contribution < -0.4 is 20.2 Å². The summed E-state index contributed by atoms with van der Waals surface area (Å²) < 4.78 is 10.7. The fraction of sp³-hybridized carbons (Fsp3) is 0.0833. The van der Waals surface area contributed by atoms with E-state index in [0.29, 0.717) is 27.0 Å². The molecule has 11 heteroatoms. The van der Waals surface area contributed by atoms with Crippen LogP contribution in [0.15, 0.2) is 65.8 Å². The van der Waals surface area contributed by atoms with Crippen molar-refractivity contribution in [1.82, 2.24) is 5.43 Å². The van der Waals surface area contributed by atoms with Crippen molar-refractivity contribution in [3.05, 3.63) is 86.9 Å². The molecule has 0 spiro atoms. The van der Waals surface area contributed by atoms with Crippen LogP contribution in [0.5, 0.6) is 11.5 Å². The third-order valence-corrected chi connectivity index (χ3v) is 5.53. The van der Waals surface area contributed by atoms with Crippen molar-refractivity contribution in [3.63, 3.8) is 0 Å². The molecule has 2 amide bonds. The Morgan fingerprint density at radius 1 is 0.829 bits per heavy atom. The number of nitrogens with zero attached hydrogens (tertiary/aromatic N) is 1. The summed E-state index contributed by atoms with van der Waals surface area (Å²) in [5.41, 5.74) is 3.67. The van der Waals surface area contributed by atoms with Gasteiger partial charge in [0.1, 0.15) is 0 Å². The predicted molar refractivity (Wildman–Crippen MR) is 135 cm³/mol. The summed E-state index contributed by atoms with van der Waals surface area (Å²) in [7, 11) is 1.41. The Morgan fingerprint density at radius 2 is 1.60 bits per heavy atom. The summed E-state index contributed by atoms with van der Waals surface area (Å²) >= 11 is 17.7. The van der Waals surface area contributed by atoms with Crippen molar-refractivity contribution in [3.8, 4) is 11.5 Å². The van der Waals surface area contributed by atoms with Gasteiger partial charge < -0.3 is 14.8 Å². The highest BCUT2D eigenvalue weighted by atomic mass is 35.5. The van der Waals surface area contributed by atoms with Gasteiger partial charge in [0.25, 0.3) is 0 Å². The Morgan fingerprint density at radius 3 is 2.29 bits per heavy atom. The van der Waals surface area contributed by atoms with Crippen LogP contribution in [0.25, 0.3) is 0 Å². The number of hydrogen-bond acceptors (Lipinski definition) is 6. The van der Waals surface area contributed by atoms with E-state index in [9.17, 15) is 14.4 Å². The number of methoxy groups -OCH3 is 1. The predicted octanol–water partition coefficient (Wildman–Crippen LogP) is 5.35. The molecule has 0 saturated heterocycles. The van der Waals surface area contributed by atoms with Crippen LogP contribution in [0.4, 0.5) is 5.69 Å². The second kappa shape index (κ2) is 11.7. The molecule has 0 aliphatic rings. The lowest BCUT2D eigenvalue weighted by Crippen LogP contribution is -2.32. The van der Waals surface area contributed by atoms with Crippen LogP contribution in [0.2, 0.25) is 15.1 Å². The van der Waals surface area contributed by atoms with Crippen molar-refractivity contribution in [2.75, 3.05) is 12.4 Å². The maximum atomic E-state index is 12.4. The average molecular weight is 535 g/mol. The first-order valence-corrected chi connectivity index (χ1v) is 11.1. The molecule has 0 fully saturated rings. The van der Waals surface area contributed by atoms with Gasteiger partial charge in [-0.2, -0.15) is 5.10 Å². The minimum absolute atomic E-state index is 0.180. The minimum atomic E-state index is -0.991. The lowest BCUT2D eigenvalue weighted by atomic mass is 10.1. The van der Waals surface area contributed by atoms with E-state index in [1.807, 2.05) is 0 Å². The number of carbonyl (C=O) groups excluding carboxylic acids is 3. The lowest BCUT2D eigenvalue weighted by molar-refractivity contribution is -0.136. The van der Waals surface area contributed by atoms with E-state index in [2.05, 4.69) is 15.8 Å². The smallest absolute Gasteiger partial charge is 0.343 e. The second-order valence-electron chi connectivity index (χ2n) is 6.99. The third kappa shape index (κ3) is 6.95. The molecule has 0 atom stereocenters. The highest BCUT2D eigenvalue weighted by Gasteiger charge is 2.16. The molecule has 35 heavy (non-hydrogen) atoms. The number of amides is 2. The summed E-state index contributed by atoms with van der Waals surface area (Å²) in [4.78, 5) is 36.6. The minimum Gasteiger partial charge on any atom is -0.493 e. The van der Waals surface area contributed by atoms with Gasteiger partial charge in [0, 0.05) is 16.3 Å². The van der Waals surface area contributed by atoms with Crippen LogP contribution >= 0.6 is 34.8 Å². The van der Waals surface area contributed by atoms with Crippen LogP contribution in [-0.4, -0.2) is 30.6 Å². The Hall–Kier alpha value is -3.59. The molecular weight excluding hydrogens is 517 g/mol. The number of ether oxygens (including phenoxy) is 2. The quantitative estimate of drug-likeness (QED) is 0.146. The summed E-state index contributed by atoms with van der Waals surface area (Å²) in [6, 6.07) is 15.5. The van der Waals surface area contributed by atoms with E-state index in [1.165, 1.54) is 37.4 Å². The number of halogens is 3. The Labute approximate surface area is 215 Å². The van der Waals surface area contributed by atoms with Crippen molar-refractivity contribution in [1.29, 1.82) is 0 Å². The zero-order valence-corrected chi connectivity index (χ0v) is 20.7. The summed E-state index contributed by atoms with van der Waals surface area (Å²) in [6.07, 6.45) is 0.